The van der Waals surface area contributed by atoms with Crippen LogP contribution in [0.5, 0.6) is 0 Å². The van der Waals surface area contributed by atoms with Crippen LogP contribution in [0.3, 0.4) is 0 Å². The molecule has 1 aromatic rings. The van der Waals surface area contributed by atoms with E-state index < -0.39 is 0 Å². The Labute approximate surface area is 107 Å². The van der Waals surface area contributed by atoms with Gasteiger partial charge in [-0.2, -0.15) is 0 Å². The van der Waals surface area contributed by atoms with Crippen LogP contribution in [0.15, 0.2) is 13.6 Å². The van der Waals surface area contributed by atoms with Gasteiger partial charge in [0.2, 0.25) is 0 Å². The average molecular weight is 340 g/mol. The Bertz CT molecular complexity index is 268. The molecule has 0 radical (unpaired) electrons. The highest BCUT2D eigenvalue weighted by molar-refractivity contribution is 9.12. The van der Waals surface area contributed by atoms with Gasteiger partial charge < -0.3 is 0 Å². The third-order valence-electron chi connectivity index (χ3n) is 2.28. The van der Waals surface area contributed by atoms with Gasteiger partial charge in [-0.1, -0.05) is 32.6 Å². The maximum Gasteiger partial charge on any atom is 0.0742 e. The molecule has 3 heteroatoms. The fourth-order valence-corrected chi connectivity index (χ4v) is 4.38. The number of hydrogen-bond donors (Lipinski definition) is 0. The van der Waals surface area contributed by atoms with Gasteiger partial charge >= 0.3 is 0 Å². The van der Waals surface area contributed by atoms with Crippen molar-refractivity contribution in [3.05, 3.63) is 19.2 Å². The molecule has 0 fully saturated rings. The number of unbranched alkanes of at least 4 members (excludes halogenated alkanes) is 4. The van der Waals surface area contributed by atoms with Gasteiger partial charge in [0.1, 0.15) is 0 Å². The molecule has 1 rings (SSSR count). The van der Waals surface area contributed by atoms with Crippen LogP contribution in [0.4, 0.5) is 0 Å². The van der Waals surface area contributed by atoms with Crippen molar-refractivity contribution in [3.63, 3.8) is 0 Å². The van der Waals surface area contributed by atoms with Gasteiger partial charge in [0, 0.05) is 0 Å². The summed E-state index contributed by atoms with van der Waals surface area (Å²) in [4.78, 5) is 0. The highest BCUT2D eigenvalue weighted by Gasteiger charge is 2.04. The molecule has 0 spiro atoms. The molecule has 0 aliphatic rings. The zero-order chi connectivity index (χ0) is 10.4. The molecule has 1 aromatic heterocycles. The number of rotatable bonds is 6. The number of halogens is 2. The molecule has 0 aromatic carbocycles. The molecule has 0 N–H and O–H groups in total. The average Bonchev–Trinajstić information content (AvgIpc) is 2.45. The quantitative estimate of drug-likeness (QED) is 0.576. The van der Waals surface area contributed by atoms with Crippen LogP contribution in [-0.2, 0) is 6.42 Å². The second kappa shape index (κ2) is 7.02. The van der Waals surface area contributed by atoms with E-state index in [4.69, 9.17) is 0 Å². The fourth-order valence-electron chi connectivity index (χ4n) is 1.46. The Morgan fingerprint density at radius 1 is 1.14 bits per heavy atom. The van der Waals surface area contributed by atoms with E-state index >= 15 is 0 Å². The summed E-state index contributed by atoms with van der Waals surface area (Å²) in [6.45, 7) is 2.26. The largest absolute Gasteiger partial charge is 0.121 e. The van der Waals surface area contributed by atoms with Crippen molar-refractivity contribution in [1.29, 1.82) is 0 Å². The summed E-state index contributed by atoms with van der Waals surface area (Å²) in [5.74, 6) is 0. The Balaban J connectivity index is 2.21. The first kappa shape index (κ1) is 12.7. The molecule has 0 atom stereocenters. The minimum atomic E-state index is 1.21. The van der Waals surface area contributed by atoms with Crippen LogP contribution in [0.25, 0.3) is 0 Å². The summed E-state index contributed by atoms with van der Waals surface area (Å²) in [5.41, 5.74) is 1.46. The number of hydrogen-bond acceptors (Lipinski definition) is 1. The zero-order valence-corrected chi connectivity index (χ0v) is 12.5. The van der Waals surface area contributed by atoms with E-state index in [9.17, 15) is 0 Å². The third-order valence-corrected chi connectivity index (χ3v) is 4.74. The molecule has 14 heavy (non-hydrogen) atoms. The molecule has 0 saturated carbocycles. The smallest absolute Gasteiger partial charge is 0.0742 e. The molecular weight excluding hydrogens is 324 g/mol. The Hall–Kier alpha value is 0.660. The lowest BCUT2D eigenvalue weighted by molar-refractivity contribution is 0.632. The van der Waals surface area contributed by atoms with Crippen molar-refractivity contribution >= 4 is 43.2 Å². The molecule has 1 heterocycles. The molecule has 0 bridgehead atoms. The van der Waals surface area contributed by atoms with Crippen LogP contribution >= 0.6 is 43.2 Å². The van der Waals surface area contributed by atoms with Gasteiger partial charge in [0.05, 0.1) is 7.57 Å². The van der Waals surface area contributed by atoms with Crippen molar-refractivity contribution in [2.45, 2.75) is 45.4 Å². The highest BCUT2D eigenvalue weighted by atomic mass is 79.9. The lowest BCUT2D eigenvalue weighted by atomic mass is 10.1. The Morgan fingerprint density at radius 3 is 2.43 bits per heavy atom. The van der Waals surface area contributed by atoms with E-state index in [0.717, 1.165) is 0 Å². The molecule has 80 valence electrons. The van der Waals surface area contributed by atoms with Crippen LogP contribution in [0.2, 0.25) is 0 Å². The minimum Gasteiger partial charge on any atom is -0.121 e. The number of thiophene rings is 1. The van der Waals surface area contributed by atoms with E-state index in [1.54, 1.807) is 11.3 Å². The topological polar surface area (TPSA) is 0 Å². The first-order valence-electron chi connectivity index (χ1n) is 5.17. The SMILES string of the molecule is CCCCCCCc1cc(Br)sc1Br. The summed E-state index contributed by atoms with van der Waals surface area (Å²) in [6, 6.07) is 2.23. The van der Waals surface area contributed by atoms with Gasteiger partial charge in [0.15, 0.2) is 0 Å². The predicted molar refractivity (Wildman–Crippen MR) is 72.2 cm³/mol. The summed E-state index contributed by atoms with van der Waals surface area (Å²) < 4.78 is 2.52. The molecule has 0 aliphatic heterocycles. The van der Waals surface area contributed by atoms with Gasteiger partial charge in [-0.3, -0.25) is 0 Å². The Kier molecular flexibility index (Phi) is 6.38. The van der Waals surface area contributed by atoms with Crippen molar-refractivity contribution in [3.8, 4) is 0 Å². The van der Waals surface area contributed by atoms with Crippen LogP contribution < -0.4 is 0 Å². The Morgan fingerprint density at radius 2 is 1.86 bits per heavy atom. The third kappa shape index (κ3) is 4.45. The summed E-state index contributed by atoms with van der Waals surface area (Å²) in [6.07, 6.45) is 8.00. The normalized spacial score (nSPS) is 10.8. The highest BCUT2D eigenvalue weighted by Crippen LogP contribution is 2.32. The summed E-state index contributed by atoms with van der Waals surface area (Å²) in [5, 5.41) is 0. The van der Waals surface area contributed by atoms with Crippen molar-refractivity contribution < 1.29 is 0 Å². The zero-order valence-electron chi connectivity index (χ0n) is 8.48. The van der Waals surface area contributed by atoms with Gasteiger partial charge in [-0.15, -0.1) is 11.3 Å². The van der Waals surface area contributed by atoms with E-state index in [0.29, 0.717) is 0 Å². The first-order chi connectivity index (χ1) is 6.74. The molecule has 0 nitrogen and oxygen atoms in total. The molecule has 0 saturated heterocycles. The number of aryl methyl sites for hydroxylation is 1. The molecular formula is C11H16Br2S. The minimum absolute atomic E-state index is 1.21. The second-order valence-electron chi connectivity index (χ2n) is 3.51. The van der Waals surface area contributed by atoms with E-state index in [2.05, 4.69) is 44.8 Å². The van der Waals surface area contributed by atoms with Crippen LogP contribution in [0.1, 0.15) is 44.6 Å². The van der Waals surface area contributed by atoms with Crippen LogP contribution in [0, 0.1) is 0 Å². The molecule has 0 unspecified atom stereocenters. The maximum atomic E-state index is 3.59. The summed E-state index contributed by atoms with van der Waals surface area (Å²) >= 11 is 8.86. The standard InChI is InChI=1S/C11H16Br2S/c1-2-3-4-5-6-7-9-8-10(12)14-11(9)13/h8H,2-7H2,1H3. The van der Waals surface area contributed by atoms with E-state index in [1.165, 1.54) is 51.7 Å². The monoisotopic (exact) mass is 338 g/mol. The van der Waals surface area contributed by atoms with Crippen molar-refractivity contribution in [1.82, 2.24) is 0 Å². The van der Waals surface area contributed by atoms with E-state index in [1.807, 2.05) is 0 Å². The lowest BCUT2D eigenvalue weighted by Crippen LogP contribution is -1.83. The van der Waals surface area contributed by atoms with Crippen molar-refractivity contribution in [2.75, 3.05) is 0 Å². The molecule has 0 aliphatic carbocycles. The second-order valence-corrected chi connectivity index (χ2v) is 7.26. The van der Waals surface area contributed by atoms with Crippen LogP contribution in [-0.4, -0.2) is 0 Å². The van der Waals surface area contributed by atoms with Gasteiger partial charge in [0.25, 0.3) is 0 Å². The first-order valence-corrected chi connectivity index (χ1v) is 7.58. The maximum absolute atomic E-state index is 3.59. The van der Waals surface area contributed by atoms with E-state index in [-0.39, 0.29) is 0 Å². The fraction of sp³-hybridized carbons (Fsp3) is 0.636. The van der Waals surface area contributed by atoms with Gasteiger partial charge in [-0.05, 0) is 56.3 Å². The van der Waals surface area contributed by atoms with Gasteiger partial charge in [-0.25, -0.2) is 0 Å². The predicted octanol–water partition coefficient (Wildman–Crippen LogP) is 5.79. The van der Waals surface area contributed by atoms with Crippen molar-refractivity contribution in [2.24, 2.45) is 0 Å². The summed E-state index contributed by atoms with van der Waals surface area (Å²) in [7, 11) is 0. The molecule has 0 amide bonds. The lowest BCUT2D eigenvalue weighted by Gasteiger charge is -1.99.